The Kier molecular flexibility index (Phi) is 29.5. The zero-order valence-electron chi connectivity index (χ0n) is 28.3. The van der Waals surface area contributed by atoms with Gasteiger partial charge in [0.25, 0.3) is 0 Å². The number of nitriles is 24. The van der Waals surface area contributed by atoms with Gasteiger partial charge >= 0.3 is 460 Å². The molecule has 0 aliphatic rings. The third-order valence-electron chi connectivity index (χ3n) is 4.47. The van der Waals surface area contributed by atoms with Crippen LogP contribution in [0.1, 0.15) is 0 Å². The zero-order chi connectivity index (χ0) is 42.6. The fourth-order valence-corrected chi connectivity index (χ4v) is 4.12. The van der Waals surface area contributed by atoms with Gasteiger partial charge in [-0.1, -0.05) is 0 Å². The molecule has 0 aliphatic heterocycles. The smallest absolute Gasteiger partial charge is 2.00 e. The van der Waals surface area contributed by atoms with Gasteiger partial charge in [-0.3, -0.25) is 0 Å². The van der Waals surface area contributed by atoms with Gasteiger partial charge in [-0.05, 0) is 0 Å². The Morgan fingerprint density at radius 1 is 0.138 bits per heavy atom. The van der Waals surface area contributed by atoms with Crippen molar-refractivity contribution in [3.05, 3.63) is 0 Å². The molecular weight excluding hydrogens is 1180 g/mol. The quantitative estimate of drug-likeness (QED) is 0.269. The molecule has 0 spiro atoms. The van der Waals surface area contributed by atoms with E-state index in [0.29, 0.717) is 0 Å². The number of rotatable bonds is 0. The Labute approximate surface area is 451 Å². The minimum atomic E-state index is -6.03. The van der Waals surface area contributed by atoms with Gasteiger partial charge in [0.05, 0.1) is 0 Å². The van der Waals surface area contributed by atoms with Crippen LogP contribution in [0.2, 0.25) is 0 Å². The molecular formula is C24Ca3Co4N24Zn3. The van der Waals surface area contributed by atoms with Crippen molar-refractivity contribution in [3.8, 4) is 120 Å². The van der Waals surface area contributed by atoms with E-state index in [-0.39, 0.29) is 172 Å². The van der Waals surface area contributed by atoms with Crippen molar-refractivity contribution in [1.29, 1.82) is 126 Å². The maximum absolute atomic E-state index is 8.58. The van der Waals surface area contributed by atoms with E-state index in [1.54, 1.807) is 0 Å². The number of hydrogen-bond donors (Lipinski definition) is 0. The molecule has 0 bridgehead atoms. The molecule has 0 atom stereocenters. The normalized spacial score (nSPS) is 12.0. The molecule has 0 radical (unpaired) electrons. The van der Waals surface area contributed by atoms with Crippen LogP contribution in [0.15, 0.2) is 0 Å². The summed E-state index contributed by atoms with van der Waals surface area (Å²) in [5.41, 5.74) is 0. The number of hydrogen-bond acceptors (Lipinski definition) is 24. The maximum Gasteiger partial charge on any atom is 2.00 e. The molecule has 264 valence electrons. The van der Waals surface area contributed by atoms with E-state index in [0.717, 1.165) is 120 Å². The predicted molar refractivity (Wildman–Crippen MR) is 152 cm³/mol. The number of nitrogens with zero attached hydrogens (tertiary/aromatic N) is 24. The largest absolute Gasteiger partial charge is 2.00 e. The molecule has 0 saturated carbocycles. The van der Waals surface area contributed by atoms with E-state index >= 15 is 0 Å². The van der Waals surface area contributed by atoms with Crippen LogP contribution in [0.4, 0.5) is 0 Å². The summed E-state index contributed by atoms with van der Waals surface area (Å²) in [7, 11) is -24.1. The van der Waals surface area contributed by atoms with Crippen molar-refractivity contribution in [2.75, 3.05) is 0 Å². The molecule has 34 heteroatoms. The minimum absolute atomic E-state index is 0. The maximum atomic E-state index is 8.58. The van der Waals surface area contributed by atoms with Crippen LogP contribution >= 0.6 is 0 Å². The third-order valence-corrected chi connectivity index (χ3v) is 18.4. The van der Waals surface area contributed by atoms with E-state index in [9.17, 15) is 0 Å². The molecule has 0 unspecified atom stereocenters. The molecule has 0 aromatic rings. The Hall–Kier alpha value is -4.56. The molecule has 0 heterocycles. The summed E-state index contributed by atoms with van der Waals surface area (Å²) in [6.45, 7) is 0. The van der Waals surface area contributed by atoms with Crippen molar-refractivity contribution in [2.45, 2.75) is 0 Å². The second-order valence-corrected chi connectivity index (χ2v) is 28.0. The predicted octanol–water partition coefficient (Wildman–Crippen LogP) is -0.757. The van der Waals surface area contributed by atoms with Gasteiger partial charge < -0.3 is 0 Å². The van der Waals surface area contributed by atoms with Crippen LogP contribution in [0.3, 0.4) is 0 Å². The summed E-state index contributed by atoms with van der Waals surface area (Å²) in [4.78, 5) is 0. The molecule has 0 rings (SSSR count). The van der Waals surface area contributed by atoms with Crippen LogP contribution in [0, 0.1) is 246 Å². The summed E-state index contributed by atoms with van der Waals surface area (Å²) < 4.78 is 0. The zero-order valence-corrected chi connectivity index (χ0v) is 48.0. The molecule has 0 aromatic carbocycles. The van der Waals surface area contributed by atoms with E-state index < -0.39 is 42.1 Å². The standard InChI is InChI=1S/24CN.3Ca.4Co.3Zn/c24*1-2;;;;;;;;;;/q;;;;;;;;;;;;;;;;;;;;;;;;3*+2;4*-3;3*+2. The molecule has 24 nitrogen and oxygen atoms in total. The van der Waals surface area contributed by atoms with Crippen LogP contribution in [-0.2, 0) is 101 Å². The van der Waals surface area contributed by atoms with Crippen molar-refractivity contribution in [1.82, 2.24) is 0 Å². The van der Waals surface area contributed by atoms with Crippen LogP contribution in [-0.4, -0.2) is 113 Å². The first-order valence-corrected chi connectivity index (χ1v) is 21.9. The van der Waals surface area contributed by atoms with Gasteiger partial charge in [-0.25, -0.2) is 0 Å². The molecule has 58 heavy (non-hydrogen) atoms. The van der Waals surface area contributed by atoms with Gasteiger partial charge in [0.15, 0.2) is 0 Å². The van der Waals surface area contributed by atoms with Crippen molar-refractivity contribution >= 4 is 113 Å². The molecule has 0 aromatic heterocycles. The van der Waals surface area contributed by atoms with Gasteiger partial charge in [0, 0.05) is 0 Å². The van der Waals surface area contributed by atoms with Crippen LogP contribution < -0.4 is 0 Å². The fraction of sp³-hybridized carbons (Fsp3) is 0. The Morgan fingerprint density at radius 2 is 0.172 bits per heavy atom. The van der Waals surface area contributed by atoms with Gasteiger partial charge in [-0.2, -0.15) is 0 Å². The topological polar surface area (TPSA) is 571 Å². The Morgan fingerprint density at radius 3 is 0.172 bits per heavy atom. The second kappa shape index (κ2) is 22.0. The summed E-state index contributed by atoms with van der Waals surface area (Å²) in [6.07, 6.45) is 0. The molecule has 0 fully saturated rings. The van der Waals surface area contributed by atoms with E-state index in [4.69, 9.17) is 126 Å². The van der Waals surface area contributed by atoms with Crippen LogP contribution in [0.25, 0.3) is 0 Å². The average Bonchev–Trinajstić information content (AvgIpc) is 3.27. The molecule has 0 saturated heterocycles. The van der Waals surface area contributed by atoms with Crippen molar-refractivity contribution < 1.29 is 101 Å². The molecule has 0 N–H and O–H groups in total. The summed E-state index contributed by atoms with van der Waals surface area (Å²) in [5.74, 6) is 0. The Bertz CT molecular complexity index is 1990. The van der Waals surface area contributed by atoms with E-state index in [1.165, 1.54) is 0 Å². The first kappa shape index (κ1) is 77.9. The van der Waals surface area contributed by atoms with Gasteiger partial charge in [-0.15, -0.1) is 0 Å². The van der Waals surface area contributed by atoms with Crippen molar-refractivity contribution in [2.24, 2.45) is 0 Å². The summed E-state index contributed by atoms with van der Waals surface area (Å²) in [6, 6.07) is 0. The van der Waals surface area contributed by atoms with Crippen molar-refractivity contribution in [3.63, 3.8) is 0 Å². The first-order valence-electron chi connectivity index (χ1n) is 9.37. The fourth-order valence-electron chi connectivity index (χ4n) is 1.000. The average molecular weight is 1180 g/mol. The van der Waals surface area contributed by atoms with Gasteiger partial charge in [0.1, 0.15) is 0 Å². The molecule has 0 amide bonds. The second-order valence-electron chi connectivity index (χ2n) is 6.79. The van der Waals surface area contributed by atoms with E-state index in [2.05, 4.69) is 0 Å². The molecule has 0 aliphatic carbocycles. The first-order chi connectivity index (χ1) is 23.9. The monoisotopic (exact) mass is 1170 g/mol. The van der Waals surface area contributed by atoms with Crippen LogP contribution in [0.5, 0.6) is 0 Å². The summed E-state index contributed by atoms with van der Waals surface area (Å²) in [5, 5.41) is 230. The van der Waals surface area contributed by atoms with E-state index in [1.807, 2.05) is 0 Å². The Balaban J connectivity index is -0.0000000640. The third kappa shape index (κ3) is 9.82. The van der Waals surface area contributed by atoms with Gasteiger partial charge in [0.2, 0.25) is 0 Å². The minimum Gasteiger partial charge on any atom is 2.00 e. The SMILES string of the molecule is N#[C][Co-3]([C]#N)([C]#N)([C]#N)([C]#N)[C]#N.N#[C][Co-3]([C]#N)([C]#N)([C]#N)([C]#N)[C]#N.N#[C][Co-3]([C]#N)([C]#N)([C]#N)([C]#N)[C]#N.N#[C][Co-3]([C]#N)([C]#N)([C]#N)([C]#N)[C]#N.[Ca+2].[Ca+2].[Ca+2].[Zn+2].[Zn+2].[Zn+2]. The summed E-state index contributed by atoms with van der Waals surface area (Å²) >= 11 is 0.